The monoisotopic (exact) mass is 452 g/mol. The summed E-state index contributed by atoms with van der Waals surface area (Å²) >= 11 is 1.52. The van der Waals surface area contributed by atoms with Crippen molar-refractivity contribution in [2.75, 3.05) is 10.6 Å². The summed E-state index contributed by atoms with van der Waals surface area (Å²) in [6.07, 6.45) is 1.96. The van der Waals surface area contributed by atoms with Gasteiger partial charge >= 0.3 is 11.8 Å². The van der Waals surface area contributed by atoms with Gasteiger partial charge in [-0.1, -0.05) is 6.07 Å². The van der Waals surface area contributed by atoms with E-state index in [1.165, 1.54) is 30.4 Å². The minimum absolute atomic E-state index is 0.173. The number of hydrogen-bond acceptors (Lipinski definition) is 5. The molecule has 7 nitrogen and oxygen atoms in total. The topological polar surface area (TPSA) is 100 Å². The third-order valence-corrected chi connectivity index (χ3v) is 6.18. The molecule has 1 aromatic heterocycles. The molecule has 0 saturated heterocycles. The van der Waals surface area contributed by atoms with Crippen molar-refractivity contribution >= 4 is 40.4 Å². The van der Waals surface area contributed by atoms with Gasteiger partial charge < -0.3 is 16.0 Å². The average molecular weight is 453 g/mol. The molecule has 0 bridgehead atoms. The highest BCUT2D eigenvalue weighted by Gasteiger charge is 2.26. The molecule has 164 valence electrons. The zero-order valence-electron chi connectivity index (χ0n) is 17.3. The first-order valence-corrected chi connectivity index (χ1v) is 10.9. The third-order valence-electron chi connectivity index (χ3n) is 5.01. The lowest BCUT2D eigenvalue weighted by molar-refractivity contribution is -0.136. The van der Waals surface area contributed by atoms with Crippen LogP contribution in [-0.2, 0) is 27.2 Å². The largest absolute Gasteiger partial charge is 0.345 e. The smallest absolute Gasteiger partial charge is 0.313 e. The van der Waals surface area contributed by atoms with Crippen molar-refractivity contribution in [1.82, 2.24) is 10.3 Å². The van der Waals surface area contributed by atoms with Gasteiger partial charge in [-0.3, -0.25) is 14.4 Å². The van der Waals surface area contributed by atoms with Crippen molar-refractivity contribution < 1.29 is 18.8 Å². The van der Waals surface area contributed by atoms with E-state index in [2.05, 4.69) is 20.9 Å². The number of hydrogen-bond donors (Lipinski definition) is 3. The molecule has 3 N–H and O–H groups in total. The summed E-state index contributed by atoms with van der Waals surface area (Å²) in [5, 5.41) is 8.79. The maximum atomic E-state index is 13.2. The van der Waals surface area contributed by atoms with E-state index in [1.54, 1.807) is 36.4 Å². The normalized spacial score (nSPS) is 14.9. The Morgan fingerprint density at radius 1 is 1.03 bits per heavy atom. The van der Waals surface area contributed by atoms with E-state index in [0.29, 0.717) is 30.6 Å². The summed E-state index contributed by atoms with van der Waals surface area (Å²) in [6.45, 7) is 1.39. The lowest BCUT2D eigenvalue weighted by atomic mass is 9.97. The van der Waals surface area contributed by atoms with E-state index in [0.717, 1.165) is 21.1 Å². The minimum Gasteiger partial charge on any atom is -0.345 e. The van der Waals surface area contributed by atoms with Crippen LogP contribution in [0.5, 0.6) is 0 Å². The molecule has 0 aliphatic heterocycles. The summed E-state index contributed by atoms with van der Waals surface area (Å²) in [6, 6.07) is 12.6. The lowest BCUT2D eigenvalue weighted by Crippen LogP contribution is -2.44. The highest BCUT2D eigenvalue weighted by Crippen LogP contribution is 2.32. The molecule has 0 unspecified atom stereocenters. The van der Waals surface area contributed by atoms with Gasteiger partial charge in [0.25, 0.3) is 0 Å². The summed E-state index contributed by atoms with van der Waals surface area (Å²) < 4.78 is 13.2. The second-order valence-electron chi connectivity index (χ2n) is 7.53. The Hall–Kier alpha value is -3.59. The molecular weight excluding hydrogens is 431 g/mol. The number of amides is 3. The van der Waals surface area contributed by atoms with Gasteiger partial charge in [0.15, 0.2) is 0 Å². The number of aromatic nitrogens is 1. The average Bonchev–Trinajstić information content (AvgIpc) is 3.17. The SMILES string of the molecule is CC(=O)Nc1cccc(NC(=O)C(=O)N[C@H]2CCc3nc(-c4ccc(F)cc4)sc3C2)c1. The van der Waals surface area contributed by atoms with E-state index < -0.39 is 11.8 Å². The van der Waals surface area contributed by atoms with Crippen LogP contribution in [-0.4, -0.2) is 28.7 Å². The van der Waals surface area contributed by atoms with E-state index in [9.17, 15) is 18.8 Å². The molecule has 0 fully saturated rings. The van der Waals surface area contributed by atoms with Crippen LogP contribution >= 0.6 is 11.3 Å². The molecular formula is C23H21FN4O3S. The quantitative estimate of drug-likeness (QED) is 0.528. The molecule has 9 heteroatoms. The summed E-state index contributed by atoms with van der Waals surface area (Å²) in [4.78, 5) is 41.6. The summed E-state index contributed by atoms with van der Waals surface area (Å²) in [5.74, 6) is -2.01. The first-order chi connectivity index (χ1) is 15.4. The van der Waals surface area contributed by atoms with Crippen molar-refractivity contribution in [2.24, 2.45) is 0 Å². The van der Waals surface area contributed by atoms with Crippen LogP contribution in [0.25, 0.3) is 10.6 Å². The summed E-state index contributed by atoms with van der Waals surface area (Å²) in [7, 11) is 0. The highest BCUT2D eigenvalue weighted by molar-refractivity contribution is 7.15. The Balaban J connectivity index is 1.36. The van der Waals surface area contributed by atoms with Crippen LogP contribution in [0, 0.1) is 5.82 Å². The first kappa shape index (κ1) is 21.6. The van der Waals surface area contributed by atoms with Crippen LogP contribution in [0.2, 0.25) is 0 Å². The molecule has 4 rings (SSSR count). The van der Waals surface area contributed by atoms with Crippen molar-refractivity contribution in [3.05, 3.63) is 64.9 Å². The van der Waals surface area contributed by atoms with Crippen molar-refractivity contribution in [3.63, 3.8) is 0 Å². The third kappa shape index (κ3) is 5.17. The van der Waals surface area contributed by atoms with Gasteiger partial charge in [0, 0.05) is 41.2 Å². The van der Waals surface area contributed by atoms with E-state index in [-0.39, 0.29) is 17.8 Å². The van der Waals surface area contributed by atoms with E-state index in [1.807, 2.05) is 0 Å². The number of carbonyl (C=O) groups excluding carboxylic acids is 3. The Morgan fingerprint density at radius 2 is 1.75 bits per heavy atom. The fraction of sp³-hybridized carbons (Fsp3) is 0.217. The van der Waals surface area contributed by atoms with E-state index >= 15 is 0 Å². The number of anilines is 2. The zero-order valence-corrected chi connectivity index (χ0v) is 18.1. The number of fused-ring (bicyclic) bond motifs is 1. The molecule has 1 aliphatic rings. The molecule has 0 spiro atoms. The Kier molecular flexibility index (Phi) is 6.27. The number of nitrogens with one attached hydrogen (secondary N) is 3. The van der Waals surface area contributed by atoms with Gasteiger partial charge in [0.2, 0.25) is 5.91 Å². The predicted molar refractivity (Wildman–Crippen MR) is 121 cm³/mol. The molecule has 2 aromatic carbocycles. The Bertz CT molecular complexity index is 1180. The van der Waals surface area contributed by atoms with Crippen LogP contribution < -0.4 is 16.0 Å². The number of thiazole rings is 1. The van der Waals surface area contributed by atoms with Gasteiger partial charge in [-0.15, -0.1) is 11.3 Å². The number of halogens is 1. The van der Waals surface area contributed by atoms with Crippen molar-refractivity contribution in [2.45, 2.75) is 32.2 Å². The predicted octanol–water partition coefficient (Wildman–Crippen LogP) is 3.52. The number of aryl methyl sites for hydroxylation is 1. The standard InChI is InChI=1S/C23H21FN4O3S/c1-13(29)25-16-3-2-4-17(11-16)26-21(30)22(31)27-18-9-10-19-20(12-18)32-23(28-19)14-5-7-15(24)8-6-14/h2-8,11,18H,9-10,12H2,1H3,(H,25,29)(H,26,30)(H,27,31)/t18-/m0/s1. The zero-order chi connectivity index (χ0) is 22.7. The fourth-order valence-electron chi connectivity index (χ4n) is 3.53. The molecule has 1 heterocycles. The Labute approximate surface area is 188 Å². The molecule has 0 radical (unpaired) electrons. The number of carbonyl (C=O) groups is 3. The number of nitrogens with zero attached hydrogens (tertiary/aromatic N) is 1. The van der Waals surface area contributed by atoms with Crippen molar-refractivity contribution in [1.29, 1.82) is 0 Å². The van der Waals surface area contributed by atoms with Gasteiger partial charge in [0.1, 0.15) is 10.8 Å². The lowest BCUT2D eigenvalue weighted by Gasteiger charge is -2.22. The van der Waals surface area contributed by atoms with Crippen LogP contribution in [0.15, 0.2) is 48.5 Å². The molecule has 3 amide bonds. The molecule has 3 aromatic rings. The van der Waals surface area contributed by atoms with Crippen LogP contribution in [0.4, 0.5) is 15.8 Å². The van der Waals surface area contributed by atoms with Crippen molar-refractivity contribution in [3.8, 4) is 10.6 Å². The molecule has 1 atom stereocenters. The number of rotatable bonds is 4. The molecule has 1 aliphatic carbocycles. The van der Waals surface area contributed by atoms with E-state index in [4.69, 9.17) is 0 Å². The van der Waals surface area contributed by atoms with Gasteiger partial charge in [0.05, 0.1) is 5.69 Å². The van der Waals surface area contributed by atoms with Crippen LogP contribution in [0.1, 0.15) is 23.9 Å². The summed E-state index contributed by atoms with van der Waals surface area (Å²) in [5.41, 5.74) is 2.78. The minimum atomic E-state index is -0.771. The van der Waals surface area contributed by atoms with Gasteiger partial charge in [-0.05, 0) is 55.3 Å². The Morgan fingerprint density at radius 3 is 2.47 bits per heavy atom. The highest BCUT2D eigenvalue weighted by atomic mass is 32.1. The second kappa shape index (κ2) is 9.27. The van der Waals surface area contributed by atoms with Gasteiger partial charge in [-0.2, -0.15) is 0 Å². The maximum Gasteiger partial charge on any atom is 0.313 e. The molecule has 32 heavy (non-hydrogen) atoms. The maximum absolute atomic E-state index is 13.2. The number of benzene rings is 2. The second-order valence-corrected chi connectivity index (χ2v) is 8.61. The molecule has 0 saturated carbocycles. The van der Waals surface area contributed by atoms with Gasteiger partial charge in [-0.25, -0.2) is 9.37 Å². The fourth-order valence-corrected chi connectivity index (χ4v) is 4.72. The van der Waals surface area contributed by atoms with Crippen LogP contribution in [0.3, 0.4) is 0 Å². The first-order valence-electron chi connectivity index (χ1n) is 10.1.